The molecule has 1 N–H and O–H groups in total. The summed E-state index contributed by atoms with van der Waals surface area (Å²) < 4.78 is 20.5. The van der Waals surface area contributed by atoms with Gasteiger partial charge in [0.05, 0.1) is 12.7 Å². The number of rotatable bonds is 4. The summed E-state index contributed by atoms with van der Waals surface area (Å²) in [6.45, 7) is 0. The Bertz CT molecular complexity index is 1130. The zero-order valence-corrected chi connectivity index (χ0v) is 16.6. The van der Waals surface area contributed by atoms with Crippen molar-refractivity contribution < 1.29 is 18.7 Å². The third-order valence-electron chi connectivity index (χ3n) is 4.44. The van der Waals surface area contributed by atoms with Crippen LogP contribution in [-0.4, -0.2) is 39.1 Å². The second-order valence-electron chi connectivity index (χ2n) is 6.14. The molecule has 0 aliphatic carbocycles. The Morgan fingerprint density at radius 2 is 1.83 bits per heavy atom. The highest BCUT2D eigenvalue weighted by molar-refractivity contribution is 9.10. The number of hydrogen-bond donors (Lipinski definition) is 1. The maximum absolute atomic E-state index is 13.4. The lowest BCUT2D eigenvalue weighted by molar-refractivity contribution is -0.136. The van der Waals surface area contributed by atoms with Crippen molar-refractivity contribution in [3.8, 4) is 0 Å². The number of aromatic nitrogens is 4. The molecule has 2 heterocycles. The van der Waals surface area contributed by atoms with E-state index in [4.69, 9.17) is 4.74 Å². The summed E-state index contributed by atoms with van der Waals surface area (Å²) in [6.07, 6.45) is 0. The number of ether oxygens (including phenoxy) is 1. The smallest absolute Gasteiger partial charge is 0.355 e. The van der Waals surface area contributed by atoms with Gasteiger partial charge >= 0.3 is 5.97 Å². The molecule has 0 bridgehead atoms. The van der Waals surface area contributed by atoms with E-state index in [1.54, 1.807) is 24.3 Å². The van der Waals surface area contributed by atoms with Crippen molar-refractivity contribution in [2.75, 3.05) is 12.4 Å². The number of ketones is 1. The fraction of sp³-hybridized carbons (Fsp3) is 0.105. The van der Waals surface area contributed by atoms with Crippen molar-refractivity contribution in [1.29, 1.82) is 0 Å². The number of halogens is 2. The van der Waals surface area contributed by atoms with Gasteiger partial charge in [-0.2, -0.15) is 4.68 Å². The number of fused-ring (bicyclic) bond motifs is 1. The van der Waals surface area contributed by atoms with Crippen molar-refractivity contribution in [3.05, 3.63) is 81.2 Å². The minimum Gasteiger partial charge on any atom is -0.464 e. The first-order chi connectivity index (χ1) is 14.0. The predicted octanol–water partition coefficient (Wildman–Crippen LogP) is 2.90. The normalized spacial score (nSPS) is 15.5. The first-order valence-electron chi connectivity index (χ1n) is 8.42. The van der Waals surface area contributed by atoms with Crippen LogP contribution in [0.4, 0.5) is 10.3 Å². The number of Topliss-reactive ketones (excluding diaryl/α,β-unsaturated/α-hetero) is 1. The summed E-state index contributed by atoms with van der Waals surface area (Å²) in [5.74, 6) is -1.51. The number of carbonyl (C=O) groups is 2. The molecule has 3 aromatic rings. The van der Waals surface area contributed by atoms with E-state index in [2.05, 4.69) is 36.8 Å². The highest BCUT2D eigenvalue weighted by atomic mass is 79.9. The van der Waals surface area contributed by atoms with Crippen LogP contribution in [0.25, 0.3) is 0 Å². The minimum absolute atomic E-state index is 0.0722. The van der Waals surface area contributed by atoms with E-state index >= 15 is 0 Å². The molecule has 0 radical (unpaired) electrons. The molecule has 2 aromatic carbocycles. The van der Waals surface area contributed by atoms with Crippen LogP contribution in [0.3, 0.4) is 0 Å². The second-order valence-corrected chi connectivity index (χ2v) is 7.06. The maximum Gasteiger partial charge on any atom is 0.355 e. The molecule has 29 heavy (non-hydrogen) atoms. The molecule has 0 fully saturated rings. The lowest BCUT2D eigenvalue weighted by Crippen LogP contribution is -2.32. The van der Waals surface area contributed by atoms with Gasteiger partial charge in [0.1, 0.15) is 17.6 Å². The molecule has 146 valence electrons. The van der Waals surface area contributed by atoms with E-state index < -0.39 is 23.6 Å². The summed E-state index contributed by atoms with van der Waals surface area (Å²) in [5, 5.41) is 14.3. The quantitative estimate of drug-likeness (QED) is 0.474. The highest BCUT2D eigenvalue weighted by Crippen LogP contribution is 2.36. The number of nitrogens with zero attached hydrogens (tertiary/aromatic N) is 4. The van der Waals surface area contributed by atoms with Crippen LogP contribution >= 0.6 is 15.9 Å². The molecule has 1 aliphatic heterocycles. The fourth-order valence-corrected chi connectivity index (χ4v) is 3.36. The van der Waals surface area contributed by atoms with Crippen LogP contribution < -0.4 is 5.32 Å². The van der Waals surface area contributed by atoms with Crippen LogP contribution in [0.5, 0.6) is 0 Å². The van der Waals surface area contributed by atoms with Gasteiger partial charge in [-0.1, -0.05) is 33.2 Å². The average Bonchev–Trinajstić information content (AvgIpc) is 3.21. The molecule has 0 amide bonds. The number of nitrogens with one attached hydrogen (secondary N) is 1. The number of anilines is 1. The molecular weight excluding hydrogens is 445 g/mol. The number of carbonyl (C=O) groups excluding carboxylic acids is 2. The Kier molecular flexibility index (Phi) is 4.93. The number of allylic oxidation sites excluding steroid dienone is 1. The van der Waals surface area contributed by atoms with Crippen LogP contribution in [0.1, 0.15) is 22.0 Å². The molecule has 0 saturated heterocycles. The number of esters is 1. The molecule has 10 heteroatoms. The maximum atomic E-state index is 13.4. The summed E-state index contributed by atoms with van der Waals surface area (Å²) in [4.78, 5) is 25.9. The van der Waals surface area contributed by atoms with Crippen LogP contribution in [0, 0.1) is 5.82 Å². The van der Waals surface area contributed by atoms with Gasteiger partial charge < -0.3 is 10.1 Å². The molecule has 8 nitrogen and oxygen atoms in total. The monoisotopic (exact) mass is 457 g/mol. The van der Waals surface area contributed by atoms with Crippen molar-refractivity contribution >= 4 is 33.6 Å². The Balaban J connectivity index is 1.94. The van der Waals surface area contributed by atoms with Gasteiger partial charge in [0.15, 0.2) is 5.78 Å². The largest absolute Gasteiger partial charge is 0.464 e. The molecule has 1 aliphatic rings. The zero-order chi connectivity index (χ0) is 20.5. The lowest BCUT2D eigenvalue weighted by atomic mass is 9.89. The van der Waals surface area contributed by atoms with Gasteiger partial charge in [-0.3, -0.25) is 4.79 Å². The van der Waals surface area contributed by atoms with Crippen molar-refractivity contribution in [1.82, 2.24) is 20.2 Å². The third-order valence-corrected chi connectivity index (χ3v) is 4.97. The Labute approximate surface area is 172 Å². The minimum atomic E-state index is -0.791. The van der Waals surface area contributed by atoms with Gasteiger partial charge in [-0.15, -0.1) is 0 Å². The Hall–Kier alpha value is -3.40. The number of tetrazole rings is 1. The van der Waals surface area contributed by atoms with Gasteiger partial charge in [0.25, 0.3) is 0 Å². The topological polar surface area (TPSA) is 99.0 Å². The highest BCUT2D eigenvalue weighted by Gasteiger charge is 2.38. The van der Waals surface area contributed by atoms with E-state index in [-0.39, 0.29) is 22.8 Å². The molecule has 1 aromatic heterocycles. The molecule has 0 spiro atoms. The van der Waals surface area contributed by atoms with Crippen molar-refractivity contribution in [3.63, 3.8) is 0 Å². The second kappa shape index (κ2) is 7.55. The summed E-state index contributed by atoms with van der Waals surface area (Å²) >= 11 is 3.38. The van der Waals surface area contributed by atoms with E-state index in [1.165, 1.54) is 36.1 Å². The van der Waals surface area contributed by atoms with Gasteiger partial charge in [-0.25, -0.2) is 9.18 Å². The van der Waals surface area contributed by atoms with Gasteiger partial charge in [-0.05, 0) is 52.4 Å². The van der Waals surface area contributed by atoms with Gasteiger partial charge in [0.2, 0.25) is 5.95 Å². The molecule has 1 atom stereocenters. The van der Waals surface area contributed by atoms with Crippen LogP contribution in [0.2, 0.25) is 0 Å². The molecular formula is C19H13BrFN5O3. The number of hydrogen-bond acceptors (Lipinski definition) is 7. The van der Waals surface area contributed by atoms with Crippen molar-refractivity contribution in [2.24, 2.45) is 0 Å². The molecule has 0 saturated carbocycles. The van der Waals surface area contributed by atoms with Crippen LogP contribution in [-0.2, 0) is 9.53 Å². The summed E-state index contributed by atoms with van der Waals surface area (Å²) in [7, 11) is 1.21. The lowest BCUT2D eigenvalue weighted by Gasteiger charge is -2.28. The van der Waals surface area contributed by atoms with E-state index in [0.29, 0.717) is 5.56 Å². The fourth-order valence-electron chi connectivity index (χ4n) is 3.10. The first kappa shape index (κ1) is 18.9. The zero-order valence-electron chi connectivity index (χ0n) is 15.0. The summed E-state index contributed by atoms with van der Waals surface area (Å²) in [5.41, 5.74) is 0.904. The standard InChI is InChI=1S/C19H13BrFN5O3/c1-29-18(28)15-14(17(27)11-4-8-13(21)9-5-11)16(10-2-6-12(20)7-3-10)26-19(22-15)23-24-25-26/h2-9,16H,1H3,(H,22,23,25)/t16-/m0/s1. The Morgan fingerprint density at radius 1 is 1.14 bits per heavy atom. The Morgan fingerprint density at radius 3 is 2.48 bits per heavy atom. The van der Waals surface area contributed by atoms with E-state index in [9.17, 15) is 14.0 Å². The van der Waals surface area contributed by atoms with Gasteiger partial charge in [0, 0.05) is 10.0 Å². The third kappa shape index (κ3) is 3.42. The first-order valence-corrected chi connectivity index (χ1v) is 9.22. The predicted molar refractivity (Wildman–Crippen MR) is 103 cm³/mol. The van der Waals surface area contributed by atoms with E-state index in [1.807, 2.05) is 0 Å². The van der Waals surface area contributed by atoms with E-state index in [0.717, 1.165) is 4.47 Å². The average molecular weight is 458 g/mol. The molecule has 4 rings (SSSR count). The SMILES string of the molecule is COC(=O)C1=C(C(=O)c2ccc(F)cc2)[C@H](c2ccc(Br)cc2)n2nnnc2N1. The number of methoxy groups -OCH3 is 1. The van der Waals surface area contributed by atoms with Crippen LogP contribution in [0.15, 0.2) is 64.3 Å². The number of benzene rings is 2. The van der Waals surface area contributed by atoms with Crippen molar-refractivity contribution in [2.45, 2.75) is 6.04 Å². The molecule has 0 unspecified atom stereocenters. The summed E-state index contributed by atoms with van der Waals surface area (Å²) in [6, 6.07) is 11.5.